The van der Waals surface area contributed by atoms with Gasteiger partial charge in [-0.2, -0.15) is 0 Å². The van der Waals surface area contributed by atoms with Gasteiger partial charge in [0.25, 0.3) is 0 Å². The molecule has 0 bridgehead atoms. The van der Waals surface area contributed by atoms with E-state index in [2.05, 4.69) is 15.6 Å². The minimum atomic E-state index is -0.857. The molecule has 6 N–H and O–H groups in total. The van der Waals surface area contributed by atoms with Crippen molar-refractivity contribution in [3.63, 3.8) is 0 Å². The van der Waals surface area contributed by atoms with Crippen molar-refractivity contribution in [3.8, 4) is 5.75 Å². The Morgan fingerprint density at radius 3 is 2.40 bits per heavy atom. The first-order valence-electron chi connectivity index (χ1n) is 17.8. The molecular formula is C41H46N6O5. The SMILES string of the molecule is Cc1cc(O)cc(C)c1CC(N)C(=O)N1Cc2ccccc2CC1C(=O)NCCCCC(NC(=O)OCc1ccccc1)c1nc2ccccc2[nH]1. The first-order valence-corrected chi connectivity index (χ1v) is 17.8. The normalized spacial score (nSPS) is 15.1. The molecule has 0 saturated heterocycles. The van der Waals surface area contributed by atoms with Crippen LogP contribution < -0.4 is 16.4 Å². The number of nitrogens with two attached hydrogens (primary N) is 1. The lowest BCUT2D eigenvalue weighted by molar-refractivity contribution is -0.142. The molecule has 11 heteroatoms. The molecule has 1 aromatic heterocycles. The molecule has 4 aromatic carbocycles. The third-order valence-electron chi connectivity index (χ3n) is 9.72. The lowest BCUT2D eigenvalue weighted by Crippen LogP contribution is -2.56. The number of hydrogen-bond acceptors (Lipinski definition) is 7. The zero-order chi connectivity index (χ0) is 36.6. The smallest absolute Gasteiger partial charge is 0.408 e. The van der Waals surface area contributed by atoms with E-state index < -0.39 is 24.2 Å². The average molecular weight is 703 g/mol. The van der Waals surface area contributed by atoms with Gasteiger partial charge in [-0.05, 0) is 97.2 Å². The van der Waals surface area contributed by atoms with Crippen LogP contribution in [0, 0.1) is 13.8 Å². The maximum absolute atomic E-state index is 13.9. The van der Waals surface area contributed by atoms with Crippen molar-refractivity contribution in [1.82, 2.24) is 25.5 Å². The van der Waals surface area contributed by atoms with Gasteiger partial charge in [-0.1, -0.05) is 66.7 Å². The summed E-state index contributed by atoms with van der Waals surface area (Å²) < 4.78 is 5.50. The monoisotopic (exact) mass is 702 g/mol. The van der Waals surface area contributed by atoms with Gasteiger partial charge in [0.15, 0.2) is 0 Å². The summed E-state index contributed by atoms with van der Waals surface area (Å²) in [6, 6.07) is 26.4. The number of imidazole rings is 1. The van der Waals surface area contributed by atoms with E-state index in [0.717, 1.165) is 44.4 Å². The Morgan fingerprint density at radius 2 is 1.65 bits per heavy atom. The Bertz CT molecular complexity index is 1970. The Hall–Kier alpha value is -5.68. The van der Waals surface area contributed by atoms with Crippen LogP contribution in [-0.4, -0.2) is 56.5 Å². The first kappa shape index (κ1) is 36.1. The highest BCUT2D eigenvalue weighted by Crippen LogP contribution is 2.27. The standard InChI is InChI=1S/C41H46N6O5/c1-26-20-31(48)21-27(2)32(26)23-33(42)40(50)47-24-30-15-7-6-14-29(30)22-37(47)39(49)43-19-11-10-18-36(38-44-34-16-8-9-17-35(34)45-38)46-41(51)52-25-28-12-4-3-5-13-28/h3-9,12-17,20-21,33,36-37,48H,10-11,18-19,22-25,42H2,1-2H3,(H,43,49)(H,44,45)(H,46,51). The van der Waals surface area contributed by atoms with Crippen LogP contribution in [0.15, 0.2) is 91.0 Å². The number of fused-ring (bicyclic) bond motifs is 2. The van der Waals surface area contributed by atoms with Crippen molar-refractivity contribution in [2.45, 2.75) is 77.2 Å². The van der Waals surface area contributed by atoms with Crippen LogP contribution in [0.5, 0.6) is 5.75 Å². The Balaban J connectivity index is 1.07. The fraction of sp³-hybridized carbons (Fsp3) is 0.317. The maximum atomic E-state index is 13.9. The number of H-pyrrole nitrogens is 1. The van der Waals surface area contributed by atoms with E-state index in [1.807, 2.05) is 92.7 Å². The molecule has 0 saturated carbocycles. The summed E-state index contributed by atoms with van der Waals surface area (Å²) in [7, 11) is 0. The molecule has 3 unspecified atom stereocenters. The van der Waals surface area contributed by atoms with E-state index in [9.17, 15) is 19.5 Å². The molecule has 0 radical (unpaired) electrons. The van der Waals surface area contributed by atoms with Crippen LogP contribution in [-0.2, 0) is 40.3 Å². The number of hydrogen-bond donors (Lipinski definition) is 5. The van der Waals surface area contributed by atoms with Crippen LogP contribution >= 0.6 is 0 Å². The van der Waals surface area contributed by atoms with Crippen molar-refractivity contribution < 1.29 is 24.2 Å². The van der Waals surface area contributed by atoms with Crippen LogP contribution in [0.1, 0.15) is 64.5 Å². The lowest BCUT2D eigenvalue weighted by atomic mass is 9.91. The number of aryl methyl sites for hydroxylation is 2. The van der Waals surface area contributed by atoms with E-state index in [-0.39, 0.29) is 24.2 Å². The minimum Gasteiger partial charge on any atom is -0.508 e. The number of alkyl carbamates (subject to hydrolysis) is 1. The van der Waals surface area contributed by atoms with Gasteiger partial charge >= 0.3 is 6.09 Å². The molecule has 0 spiro atoms. The number of unbranched alkanes of at least 4 members (excludes halogenated alkanes) is 1. The number of ether oxygens (including phenoxy) is 1. The fourth-order valence-electron chi connectivity index (χ4n) is 6.93. The Kier molecular flexibility index (Phi) is 11.5. The van der Waals surface area contributed by atoms with Gasteiger partial charge in [-0.25, -0.2) is 9.78 Å². The number of carbonyl (C=O) groups excluding carboxylic acids is 3. The number of aromatic hydroxyl groups is 1. The van der Waals surface area contributed by atoms with Gasteiger partial charge in [0, 0.05) is 19.5 Å². The van der Waals surface area contributed by atoms with E-state index in [0.29, 0.717) is 51.0 Å². The number of carbonyl (C=O) groups is 3. The van der Waals surface area contributed by atoms with Crippen molar-refractivity contribution in [2.24, 2.45) is 5.73 Å². The predicted octanol–water partition coefficient (Wildman–Crippen LogP) is 5.66. The van der Waals surface area contributed by atoms with Crippen LogP contribution in [0.2, 0.25) is 0 Å². The number of aromatic amines is 1. The number of phenolic OH excluding ortho intramolecular Hbond substituents is 1. The molecule has 0 aliphatic carbocycles. The molecular weight excluding hydrogens is 656 g/mol. The van der Waals surface area contributed by atoms with E-state index in [1.165, 1.54) is 0 Å². The average Bonchev–Trinajstić information content (AvgIpc) is 3.58. The Labute approximate surface area is 303 Å². The lowest BCUT2D eigenvalue weighted by Gasteiger charge is -2.37. The highest BCUT2D eigenvalue weighted by atomic mass is 16.5. The minimum absolute atomic E-state index is 0.151. The summed E-state index contributed by atoms with van der Waals surface area (Å²) in [5, 5.41) is 16.0. The topological polar surface area (TPSA) is 163 Å². The van der Waals surface area contributed by atoms with Crippen LogP contribution in [0.3, 0.4) is 0 Å². The Morgan fingerprint density at radius 1 is 0.962 bits per heavy atom. The molecule has 2 heterocycles. The van der Waals surface area contributed by atoms with E-state index >= 15 is 0 Å². The summed E-state index contributed by atoms with van der Waals surface area (Å²) in [6.07, 6.45) is 2.01. The molecule has 270 valence electrons. The highest BCUT2D eigenvalue weighted by Gasteiger charge is 2.36. The summed E-state index contributed by atoms with van der Waals surface area (Å²) >= 11 is 0. The van der Waals surface area contributed by atoms with Gasteiger partial charge in [0.2, 0.25) is 11.8 Å². The second kappa shape index (κ2) is 16.6. The third kappa shape index (κ3) is 8.78. The number of phenols is 1. The third-order valence-corrected chi connectivity index (χ3v) is 9.72. The number of nitrogens with zero attached hydrogens (tertiary/aromatic N) is 2. The number of amides is 3. The molecule has 1 aliphatic heterocycles. The number of benzene rings is 4. The van der Waals surface area contributed by atoms with E-state index in [1.54, 1.807) is 17.0 Å². The van der Waals surface area contributed by atoms with Crippen LogP contribution in [0.4, 0.5) is 4.79 Å². The molecule has 11 nitrogen and oxygen atoms in total. The second-order valence-electron chi connectivity index (χ2n) is 13.5. The summed E-state index contributed by atoms with van der Waals surface area (Å²) in [6.45, 7) is 4.61. The number of aromatic nitrogens is 2. The van der Waals surface area contributed by atoms with Gasteiger partial charge in [0.05, 0.1) is 23.1 Å². The zero-order valence-electron chi connectivity index (χ0n) is 29.6. The maximum Gasteiger partial charge on any atom is 0.408 e. The van der Waals surface area contributed by atoms with Crippen LogP contribution in [0.25, 0.3) is 11.0 Å². The molecule has 3 amide bonds. The molecule has 1 aliphatic rings. The molecule has 0 fully saturated rings. The van der Waals surface area contributed by atoms with Crippen molar-refractivity contribution in [3.05, 3.63) is 130 Å². The largest absolute Gasteiger partial charge is 0.508 e. The number of para-hydroxylation sites is 2. The van der Waals surface area contributed by atoms with Crippen molar-refractivity contribution >= 4 is 28.9 Å². The second-order valence-corrected chi connectivity index (χ2v) is 13.5. The molecule has 3 atom stereocenters. The number of rotatable bonds is 13. The van der Waals surface area contributed by atoms with Gasteiger partial charge in [0.1, 0.15) is 24.2 Å². The van der Waals surface area contributed by atoms with E-state index in [4.69, 9.17) is 15.5 Å². The molecule has 6 rings (SSSR count). The molecule has 52 heavy (non-hydrogen) atoms. The van der Waals surface area contributed by atoms with Crippen molar-refractivity contribution in [2.75, 3.05) is 6.54 Å². The number of nitrogens with one attached hydrogen (secondary N) is 3. The first-order chi connectivity index (χ1) is 25.2. The summed E-state index contributed by atoms with van der Waals surface area (Å²) in [5.74, 6) is 0.278. The fourth-order valence-corrected chi connectivity index (χ4v) is 6.93. The predicted molar refractivity (Wildman–Crippen MR) is 199 cm³/mol. The quantitative estimate of drug-likeness (QED) is 0.0989. The van der Waals surface area contributed by atoms with Gasteiger partial charge < -0.3 is 36.1 Å². The van der Waals surface area contributed by atoms with Gasteiger partial charge in [-0.3, -0.25) is 9.59 Å². The van der Waals surface area contributed by atoms with Gasteiger partial charge in [-0.15, -0.1) is 0 Å². The highest BCUT2D eigenvalue weighted by molar-refractivity contribution is 5.90. The zero-order valence-corrected chi connectivity index (χ0v) is 29.6. The molecule has 5 aromatic rings. The summed E-state index contributed by atoms with van der Waals surface area (Å²) in [4.78, 5) is 50.1. The van der Waals surface area contributed by atoms with Crippen molar-refractivity contribution in [1.29, 1.82) is 0 Å². The summed E-state index contributed by atoms with van der Waals surface area (Å²) in [5.41, 5.74) is 13.8.